The van der Waals surface area contributed by atoms with E-state index in [1.54, 1.807) is 24.3 Å². The molecule has 0 heterocycles. The smallest absolute Gasteiger partial charge is 0.319 e. The van der Waals surface area contributed by atoms with Gasteiger partial charge in [0.25, 0.3) is 5.91 Å². The number of carbonyl (C=O) groups is 2. The second-order valence-electron chi connectivity index (χ2n) is 5.50. The van der Waals surface area contributed by atoms with Gasteiger partial charge in [0.2, 0.25) is 0 Å². The molecule has 0 aromatic heterocycles. The summed E-state index contributed by atoms with van der Waals surface area (Å²) in [6, 6.07) is 16.2. The molecule has 0 saturated heterocycles. The largest absolute Gasteiger partial charge is 0.484 e. The summed E-state index contributed by atoms with van der Waals surface area (Å²) in [6.45, 7) is 4.26. The van der Waals surface area contributed by atoms with E-state index in [0.29, 0.717) is 18.0 Å². The first-order chi connectivity index (χ1) is 12.1. The molecular formula is C19H23N3O3. The molecule has 25 heavy (non-hydrogen) atoms. The molecule has 0 bridgehead atoms. The predicted molar refractivity (Wildman–Crippen MR) is 97.6 cm³/mol. The number of benzene rings is 2. The maximum absolute atomic E-state index is 12.1. The fourth-order valence-corrected chi connectivity index (χ4v) is 2.25. The van der Waals surface area contributed by atoms with Crippen molar-refractivity contribution >= 4 is 17.6 Å². The lowest BCUT2D eigenvalue weighted by Gasteiger charge is -2.15. The lowest BCUT2D eigenvalue weighted by molar-refractivity contribution is -0.122. The van der Waals surface area contributed by atoms with Gasteiger partial charge in [-0.2, -0.15) is 0 Å². The van der Waals surface area contributed by atoms with Gasteiger partial charge in [-0.05, 0) is 31.5 Å². The molecular weight excluding hydrogens is 318 g/mol. The van der Waals surface area contributed by atoms with E-state index in [0.717, 1.165) is 5.56 Å². The first-order valence-corrected chi connectivity index (χ1v) is 8.20. The van der Waals surface area contributed by atoms with Crippen molar-refractivity contribution in [3.8, 4) is 5.75 Å². The normalized spacial score (nSPS) is 11.3. The zero-order valence-electron chi connectivity index (χ0n) is 14.4. The minimum absolute atomic E-state index is 0.0610. The fourth-order valence-electron chi connectivity index (χ4n) is 2.25. The standard InChI is InChI=1S/C19H23N3O3/c1-3-20-18(23)13-25-17-11-7-10-16(12-17)22-19(24)21-14(2)15-8-5-4-6-9-15/h4-12,14H,3,13H2,1-2H3,(H,20,23)(H2,21,22,24)/t14-/m1/s1. The molecule has 6 nitrogen and oxygen atoms in total. The van der Waals surface area contributed by atoms with Gasteiger partial charge in [-0.1, -0.05) is 36.4 Å². The predicted octanol–water partition coefficient (Wildman–Crippen LogP) is 3.08. The molecule has 2 rings (SSSR count). The summed E-state index contributed by atoms with van der Waals surface area (Å²) in [6.07, 6.45) is 0. The number of hydrogen-bond donors (Lipinski definition) is 3. The zero-order valence-corrected chi connectivity index (χ0v) is 14.4. The Morgan fingerprint density at radius 1 is 1.08 bits per heavy atom. The summed E-state index contributed by atoms with van der Waals surface area (Å²) in [5, 5.41) is 8.30. The molecule has 0 aliphatic heterocycles. The average molecular weight is 341 g/mol. The minimum atomic E-state index is -0.308. The Morgan fingerprint density at radius 2 is 1.84 bits per heavy atom. The van der Waals surface area contributed by atoms with Crippen LogP contribution >= 0.6 is 0 Å². The van der Waals surface area contributed by atoms with Crippen LogP contribution in [0.5, 0.6) is 5.75 Å². The zero-order chi connectivity index (χ0) is 18.1. The number of anilines is 1. The minimum Gasteiger partial charge on any atom is -0.484 e. The van der Waals surface area contributed by atoms with Crippen molar-refractivity contribution in [3.05, 3.63) is 60.2 Å². The third-order valence-corrected chi connectivity index (χ3v) is 3.48. The second kappa shape index (κ2) is 9.32. The van der Waals surface area contributed by atoms with E-state index in [-0.39, 0.29) is 24.6 Å². The van der Waals surface area contributed by atoms with Gasteiger partial charge in [0.15, 0.2) is 6.61 Å². The summed E-state index contributed by atoms with van der Waals surface area (Å²) in [5.74, 6) is 0.329. The van der Waals surface area contributed by atoms with Crippen LogP contribution in [-0.2, 0) is 4.79 Å². The van der Waals surface area contributed by atoms with Crippen LogP contribution in [-0.4, -0.2) is 25.1 Å². The first kappa shape index (κ1) is 18.3. The van der Waals surface area contributed by atoms with Crippen LogP contribution in [0.2, 0.25) is 0 Å². The Balaban J connectivity index is 1.88. The number of hydrogen-bond acceptors (Lipinski definition) is 3. The summed E-state index contributed by atoms with van der Waals surface area (Å²) in [7, 11) is 0. The molecule has 2 aromatic rings. The molecule has 0 fully saturated rings. The van der Waals surface area contributed by atoms with Crippen molar-refractivity contribution in [1.29, 1.82) is 0 Å². The van der Waals surface area contributed by atoms with Crippen molar-refractivity contribution < 1.29 is 14.3 Å². The molecule has 0 unspecified atom stereocenters. The van der Waals surface area contributed by atoms with E-state index in [9.17, 15) is 9.59 Å². The van der Waals surface area contributed by atoms with Crippen LogP contribution in [0.1, 0.15) is 25.5 Å². The van der Waals surface area contributed by atoms with Crippen LogP contribution < -0.4 is 20.7 Å². The fraction of sp³-hybridized carbons (Fsp3) is 0.263. The number of amides is 3. The number of nitrogens with one attached hydrogen (secondary N) is 3. The van der Waals surface area contributed by atoms with Gasteiger partial charge >= 0.3 is 6.03 Å². The Hall–Kier alpha value is -3.02. The molecule has 0 aliphatic rings. The molecule has 3 amide bonds. The van der Waals surface area contributed by atoms with E-state index >= 15 is 0 Å². The van der Waals surface area contributed by atoms with E-state index in [4.69, 9.17) is 4.74 Å². The highest BCUT2D eigenvalue weighted by Crippen LogP contribution is 2.18. The highest BCUT2D eigenvalue weighted by molar-refractivity contribution is 5.89. The van der Waals surface area contributed by atoms with Gasteiger partial charge in [0.05, 0.1) is 6.04 Å². The Morgan fingerprint density at radius 3 is 2.56 bits per heavy atom. The maximum atomic E-state index is 12.1. The highest BCUT2D eigenvalue weighted by atomic mass is 16.5. The molecule has 6 heteroatoms. The van der Waals surface area contributed by atoms with Crippen molar-refractivity contribution in [2.24, 2.45) is 0 Å². The van der Waals surface area contributed by atoms with Crippen LogP contribution in [0, 0.1) is 0 Å². The van der Waals surface area contributed by atoms with Gasteiger partial charge < -0.3 is 20.7 Å². The number of urea groups is 1. The Kier molecular flexibility index (Phi) is 6.83. The van der Waals surface area contributed by atoms with E-state index < -0.39 is 0 Å². The highest BCUT2D eigenvalue weighted by Gasteiger charge is 2.09. The number of rotatable bonds is 7. The lowest BCUT2D eigenvalue weighted by atomic mass is 10.1. The monoisotopic (exact) mass is 341 g/mol. The van der Waals surface area contributed by atoms with Gasteiger partial charge in [-0.25, -0.2) is 4.79 Å². The third-order valence-electron chi connectivity index (χ3n) is 3.48. The maximum Gasteiger partial charge on any atom is 0.319 e. The molecule has 1 atom stereocenters. The molecule has 0 spiro atoms. The number of carbonyl (C=O) groups excluding carboxylic acids is 2. The van der Waals surface area contributed by atoms with Gasteiger partial charge in [0, 0.05) is 18.3 Å². The molecule has 3 N–H and O–H groups in total. The number of likely N-dealkylation sites (N-methyl/N-ethyl adjacent to an activating group) is 1. The van der Waals surface area contributed by atoms with Crippen LogP contribution in [0.15, 0.2) is 54.6 Å². The van der Waals surface area contributed by atoms with E-state index in [1.807, 2.05) is 44.2 Å². The van der Waals surface area contributed by atoms with Gasteiger partial charge in [-0.15, -0.1) is 0 Å². The van der Waals surface area contributed by atoms with E-state index in [1.165, 1.54) is 0 Å². The number of ether oxygens (including phenoxy) is 1. The van der Waals surface area contributed by atoms with Crippen molar-refractivity contribution in [2.45, 2.75) is 19.9 Å². The van der Waals surface area contributed by atoms with Gasteiger partial charge in [0.1, 0.15) is 5.75 Å². The van der Waals surface area contributed by atoms with Crippen LogP contribution in [0.4, 0.5) is 10.5 Å². The molecule has 2 aromatic carbocycles. The summed E-state index contributed by atoms with van der Waals surface area (Å²) in [4.78, 5) is 23.6. The summed E-state index contributed by atoms with van der Waals surface area (Å²) in [5.41, 5.74) is 1.61. The second-order valence-corrected chi connectivity index (χ2v) is 5.50. The van der Waals surface area contributed by atoms with E-state index in [2.05, 4.69) is 16.0 Å². The summed E-state index contributed by atoms with van der Waals surface area (Å²) >= 11 is 0. The Bertz CT molecular complexity index is 704. The van der Waals surface area contributed by atoms with Crippen molar-refractivity contribution in [1.82, 2.24) is 10.6 Å². The molecule has 0 aliphatic carbocycles. The van der Waals surface area contributed by atoms with Gasteiger partial charge in [-0.3, -0.25) is 4.79 Å². The van der Waals surface area contributed by atoms with Crippen molar-refractivity contribution in [3.63, 3.8) is 0 Å². The quantitative estimate of drug-likeness (QED) is 0.724. The molecule has 0 saturated carbocycles. The lowest BCUT2D eigenvalue weighted by Crippen LogP contribution is -2.31. The topological polar surface area (TPSA) is 79.5 Å². The van der Waals surface area contributed by atoms with Crippen molar-refractivity contribution in [2.75, 3.05) is 18.5 Å². The summed E-state index contributed by atoms with van der Waals surface area (Å²) < 4.78 is 5.41. The average Bonchev–Trinajstić information content (AvgIpc) is 2.61. The van der Waals surface area contributed by atoms with Crippen LogP contribution in [0.3, 0.4) is 0 Å². The Labute approximate surface area is 147 Å². The van der Waals surface area contributed by atoms with Crippen LogP contribution in [0.25, 0.3) is 0 Å². The SMILES string of the molecule is CCNC(=O)COc1cccc(NC(=O)N[C@H](C)c2ccccc2)c1. The third kappa shape index (κ3) is 6.18. The molecule has 0 radical (unpaired) electrons. The molecule has 132 valence electrons. The first-order valence-electron chi connectivity index (χ1n) is 8.20.